The number of hydrogen-bond donors (Lipinski definition) is 0. The van der Waals surface area contributed by atoms with E-state index in [-0.39, 0.29) is 11.8 Å². The van der Waals surface area contributed by atoms with E-state index in [2.05, 4.69) is 35.4 Å². The molecular formula is C21H31N3O2S. The molecule has 0 aliphatic carbocycles. The van der Waals surface area contributed by atoms with Crippen molar-refractivity contribution in [1.82, 2.24) is 14.7 Å². The summed E-state index contributed by atoms with van der Waals surface area (Å²) in [6, 6.07) is 8.50. The first-order valence-electron chi connectivity index (χ1n) is 9.95. The second-order valence-corrected chi connectivity index (χ2v) is 8.59. The molecular weight excluding hydrogens is 358 g/mol. The summed E-state index contributed by atoms with van der Waals surface area (Å²) in [5.41, 5.74) is 1.22. The van der Waals surface area contributed by atoms with E-state index in [0.29, 0.717) is 25.5 Å². The predicted octanol–water partition coefficient (Wildman–Crippen LogP) is 2.70. The molecule has 5 nitrogen and oxygen atoms in total. The maximum Gasteiger partial charge on any atom is 0.236 e. The van der Waals surface area contributed by atoms with Crippen LogP contribution in [0, 0.1) is 5.92 Å². The Bertz CT molecular complexity index is 635. The van der Waals surface area contributed by atoms with Gasteiger partial charge in [-0.15, -0.1) is 11.8 Å². The summed E-state index contributed by atoms with van der Waals surface area (Å²) in [6.07, 6.45) is 5.95. The maximum atomic E-state index is 12.6. The first-order chi connectivity index (χ1) is 13.1. The first kappa shape index (κ1) is 20.2. The Balaban J connectivity index is 1.42. The summed E-state index contributed by atoms with van der Waals surface area (Å²) in [7, 11) is 1.99. The van der Waals surface area contributed by atoms with Crippen LogP contribution in [0.5, 0.6) is 0 Å². The van der Waals surface area contributed by atoms with Crippen molar-refractivity contribution in [2.45, 2.75) is 37.1 Å². The summed E-state index contributed by atoms with van der Waals surface area (Å²) in [6.45, 7) is 4.44. The molecule has 2 heterocycles. The van der Waals surface area contributed by atoms with Crippen LogP contribution in [0.25, 0.3) is 0 Å². The minimum Gasteiger partial charge on any atom is -0.342 e. The number of carbonyl (C=O) groups excluding carboxylic acids is 2. The topological polar surface area (TPSA) is 43.9 Å². The third kappa shape index (κ3) is 5.48. The van der Waals surface area contributed by atoms with Crippen LogP contribution in [0.2, 0.25) is 0 Å². The van der Waals surface area contributed by atoms with Gasteiger partial charge in [0.05, 0.1) is 6.54 Å². The lowest BCUT2D eigenvalue weighted by molar-refractivity contribution is -0.140. The molecule has 1 aromatic rings. The number of thioether (sulfide) groups is 1. The summed E-state index contributed by atoms with van der Waals surface area (Å²) in [4.78, 5) is 32.4. The smallest absolute Gasteiger partial charge is 0.236 e. The van der Waals surface area contributed by atoms with E-state index >= 15 is 0 Å². The van der Waals surface area contributed by atoms with Crippen LogP contribution >= 0.6 is 11.8 Å². The number of amides is 2. The van der Waals surface area contributed by atoms with E-state index < -0.39 is 0 Å². The van der Waals surface area contributed by atoms with Gasteiger partial charge in [-0.1, -0.05) is 12.1 Å². The van der Waals surface area contributed by atoms with Crippen molar-refractivity contribution in [3.8, 4) is 0 Å². The lowest BCUT2D eigenvalue weighted by Gasteiger charge is -2.34. The standard InChI is InChI=1S/C21H31N3O2S/c1-22(15-17-5-7-19(27-2)8-6-17)16-20(25)23-13-9-18(10-14-23)21(26)24-11-3-4-12-24/h5-8,18H,3-4,9-16H2,1-2H3. The Morgan fingerprint density at radius 3 is 2.26 bits per heavy atom. The van der Waals surface area contributed by atoms with Gasteiger partial charge in [-0.05, 0) is 56.7 Å². The zero-order valence-electron chi connectivity index (χ0n) is 16.5. The Morgan fingerprint density at radius 2 is 1.67 bits per heavy atom. The minimum atomic E-state index is 0.111. The third-order valence-corrected chi connectivity index (χ3v) is 6.37. The lowest BCUT2D eigenvalue weighted by Crippen LogP contribution is -2.46. The Kier molecular flexibility index (Phi) is 7.19. The molecule has 2 aliphatic heterocycles. The van der Waals surface area contributed by atoms with E-state index in [1.165, 1.54) is 10.5 Å². The molecule has 0 spiro atoms. The van der Waals surface area contributed by atoms with Crippen LogP contribution in [0.4, 0.5) is 0 Å². The minimum absolute atomic E-state index is 0.111. The van der Waals surface area contributed by atoms with Crippen molar-refractivity contribution < 1.29 is 9.59 Å². The number of hydrogen-bond acceptors (Lipinski definition) is 4. The molecule has 0 radical (unpaired) electrons. The van der Waals surface area contributed by atoms with Crippen LogP contribution in [-0.2, 0) is 16.1 Å². The van der Waals surface area contributed by atoms with Crippen molar-refractivity contribution in [2.75, 3.05) is 46.0 Å². The number of rotatable bonds is 6. The van der Waals surface area contributed by atoms with Crippen molar-refractivity contribution in [2.24, 2.45) is 5.92 Å². The average molecular weight is 390 g/mol. The van der Waals surface area contributed by atoms with Gasteiger partial charge in [-0.2, -0.15) is 0 Å². The molecule has 3 rings (SSSR count). The monoisotopic (exact) mass is 389 g/mol. The van der Waals surface area contributed by atoms with Crippen LogP contribution < -0.4 is 0 Å². The van der Waals surface area contributed by atoms with Gasteiger partial charge in [0.25, 0.3) is 0 Å². The average Bonchev–Trinajstić information content (AvgIpc) is 3.23. The highest BCUT2D eigenvalue weighted by Gasteiger charge is 2.31. The molecule has 0 aromatic heterocycles. The van der Waals surface area contributed by atoms with E-state index in [0.717, 1.165) is 45.3 Å². The fourth-order valence-electron chi connectivity index (χ4n) is 4.00. The van der Waals surface area contributed by atoms with Gasteiger partial charge in [-0.3, -0.25) is 14.5 Å². The van der Waals surface area contributed by atoms with Gasteiger partial charge >= 0.3 is 0 Å². The normalized spacial score (nSPS) is 18.3. The maximum absolute atomic E-state index is 12.6. The molecule has 2 aliphatic rings. The van der Waals surface area contributed by atoms with E-state index in [9.17, 15) is 9.59 Å². The van der Waals surface area contributed by atoms with Crippen molar-refractivity contribution in [3.63, 3.8) is 0 Å². The third-order valence-electron chi connectivity index (χ3n) is 5.63. The van der Waals surface area contributed by atoms with Crippen LogP contribution in [-0.4, -0.2) is 72.5 Å². The van der Waals surface area contributed by atoms with Gasteiger partial charge in [0.1, 0.15) is 0 Å². The number of likely N-dealkylation sites (N-methyl/N-ethyl adjacent to an activating group) is 1. The SMILES string of the molecule is CSc1ccc(CN(C)CC(=O)N2CCC(C(=O)N3CCCC3)CC2)cc1. The Labute approximate surface area is 167 Å². The highest BCUT2D eigenvalue weighted by molar-refractivity contribution is 7.98. The fraction of sp³-hybridized carbons (Fsp3) is 0.619. The van der Waals surface area contributed by atoms with Gasteiger partial charge in [0.2, 0.25) is 11.8 Å². The predicted molar refractivity (Wildman–Crippen MR) is 110 cm³/mol. The summed E-state index contributed by atoms with van der Waals surface area (Å²) >= 11 is 1.73. The molecule has 0 atom stereocenters. The molecule has 2 amide bonds. The quantitative estimate of drug-likeness (QED) is 0.702. The number of nitrogens with zero attached hydrogens (tertiary/aromatic N) is 3. The molecule has 148 valence electrons. The Morgan fingerprint density at radius 1 is 1.04 bits per heavy atom. The summed E-state index contributed by atoms with van der Waals surface area (Å²) in [5.74, 6) is 0.593. The second-order valence-electron chi connectivity index (χ2n) is 7.71. The summed E-state index contributed by atoms with van der Waals surface area (Å²) < 4.78 is 0. The number of piperidine rings is 1. The Hall–Kier alpha value is -1.53. The van der Waals surface area contributed by atoms with E-state index in [1.807, 2.05) is 16.8 Å². The molecule has 2 fully saturated rings. The van der Waals surface area contributed by atoms with Crippen LogP contribution in [0.15, 0.2) is 29.2 Å². The van der Waals surface area contributed by atoms with Gasteiger partial charge < -0.3 is 9.80 Å². The fourth-order valence-corrected chi connectivity index (χ4v) is 4.41. The molecule has 1 aromatic carbocycles. The van der Waals surface area contributed by atoms with E-state index in [4.69, 9.17) is 0 Å². The molecule has 0 bridgehead atoms. The lowest BCUT2D eigenvalue weighted by atomic mass is 9.95. The summed E-state index contributed by atoms with van der Waals surface area (Å²) in [5, 5.41) is 0. The largest absolute Gasteiger partial charge is 0.342 e. The number of carbonyl (C=O) groups is 2. The zero-order valence-corrected chi connectivity index (χ0v) is 17.3. The zero-order chi connectivity index (χ0) is 19.2. The molecule has 0 N–H and O–H groups in total. The number of likely N-dealkylation sites (tertiary alicyclic amines) is 2. The van der Waals surface area contributed by atoms with Crippen molar-refractivity contribution >= 4 is 23.6 Å². The van der Waals surface area contributed by atoms with Gasteiger partial charge in [0.15, 0.2) is 0 Å². The van der Waals surface area contributed by atoms with E-state index in [1.54, 1.807) is 11.8 Å². The molecule has 0 unspecified atom stereocenters. The van der Waals surface area contributed by atoms with Crippen LogP contribution in [0.1, 0.15) is 31.2 Å². The first-order valence-corrected chi connectivity index (χ1v) is 11.2. The highest BCUT2D eigenvalue weighted by atomic mass is 32.2. The van der Waals surface area contributed by atoms with Crippen molar-refractivity contribution in [1.29, 1.82) is 0 Å². The second kappa shape index (κ2) is 9.60. The number of benzene rings is 1. The molecule has 27 heavy (non-hydrogen) atoms. The molecule has 0 saturated carbocycles. The van der Waals surface area contributed by atoms with Crippen molar-refractivity contribution in [3.05, 3.63) is 29.8 Å². The van der Waals surface area contributed by atoms with Gasteiger partial charge in [-0.25, -0.2) is 0 Å². The van der Waals surface area contributed by atoms with Crippen LogP contribution in [0.3, 0.4) is 0 Å². The highest BCUT2D eigenvalue weighted by Crippen LogP contribution is 2.22. The molecule has 2 saturated heterocycles. The molecule has 6 heteroatoms. The van der Waals surface area contributed by atoms with Gasteiger partial charge in [0, 0.05) is 43.5 Å².